The van der Waals surface area contributed by atoms with Gasteiger partial charge in [0.15, 0.2) is 11.8 Å². The first-order chi connectivity index (χ1) is 12.8. The maximum atomic E-state index is 5.95. The standard InChI is InChI=1S/C18H30N6O2/c1-19-18(23-9-11-26-15(13-23)14-6-5-10-25-14)20-12-17-22-21-16-7-3-2-4-8-24(16)17/h14-15H,2-13H2,1H3,(H,19,20). The third-order valence-corrected chi connectivity index (χ3v) is 5.58. The Morgan fingerprint density at radius 2 is 2.04 bits per heavy atom. The monoisotopic (exact) mass is 362 g/mol. The Balaban J connectivity index is 1.36. The molecule has 0 saturated carbocycles. The number of hydrogen-bond acceptors (Lipinski definition) is 5. The second kappa shape index (κ2) is 8.35. The van der Waals surface area contributed by atoms with E-state index in [1.807, 2.05) is 7.05 Å². The van der Waals surface area contributed by atoms with Crippen LogP contribution in [0.15, 0.2) is 4.99 Å². The summed E-state index contributed by atoms with van der Waals surface area (Å²) in [7, 11) is 1.84. The van der Waals surface area contributed by atoms with Gasteiger partial charge in [-0.15, -0.1) is 10.2 Å². The molecule has 8 nitrogen and oxygen atoms in total. The Hall–Kier alpha value is -1.67. The third-order valence-electron chi connectivity index (χ3n) is 5.58. The van der Waals surface area contributed by atoms with E-state index in [1.54, 1.807) is 0 Å². The van der Waals surface area contributed by atoms with E-state index in [1.165, 1.54) is 19.3 Å². The molecule has 0 radical (unpaired) electrons. The molecule has 144 valence electrons. The molecule has 0 amide bonds. The fourth-order valence-corrected chi connectivity index (χ4v) is 4.15. The number of guanidine groups is 1. The van der Waals surface area contributed by atoms with Gasteiger partial charge >= 0.3 is 0 Å². The molecule has 8 heteroatoms. The van der Waals surface area contributed by atoms with Crippen molar-refractivity contribution < 1.29 is 9.47 Å². The zero-order valence-corrected chi connectivity index (χ0v) is 15.7. The summed E-state index contributed by atoms with van der Waals surface area (Å²) in [4.78, 5) is 6.75. The average Bonchev–Trinajstić information content (AvgIpc) is 3.28. The maximum Gasteiger partial charge on any atom is 0.194 e. The fourth-order valence-electron chi connectivity index (χ4n) is 4.15. The van der Waals surface area contributed by atoms with Crippen LogP contribution in [0.1, 0.15) is 43.8 Å². The van der Waals surface area contributed by atoms with Crippen molar-refractivity contribution in [2.75, 3.05) is 33.4 Å². The smallest absolute Gasteiger partial charge is 0.194 e. The minimum absolute atomic E-state index is 0.133. The van der Waals surface area contributed by atoms with E-state index < -0.39 is 0 Å². The van der Waals surface area contributed by atoms with Crippen molar-refractivity contribution in [3.63, 3.8) is 0 Å². The predicted molar refractivity (Wildman–Crippen MR) is 98.1 cm³/mol. The highest BCUT2D eigenvalue weighted by Crippen LogP contribution is 2.21. The highest BCUT2D eigenvalue weighted by atomic mass is 16.5. The molecular weight excluding hydrogens is 332 g/mol. The maximum absolute atomic E-state index is 5.95. The Morgan fingerprint density at radius 3 is 2.88 bits per heavy atom. The molecule has 0 aliphatic carbocycles. The lowest BCUT2D eigenvalue weighted by molar-refractivity contribution is -0.0817. The van der Waals surface area contributed by atoms with Gasteiger partial charge in [-0.1, -0.05) is 6.42 Å². The number of hydrogen-bond donors (Lipinski definition) is 1. The molecule has 2 saturated heterocycles. The molecule has 26 heavy (non-hydrogen) atoms. The molecule has 0 aromatic carbocycles. The normalized spacial score (nSPS) is 27.3. The molecule has 1 aromatic heterocycles. The van der Waals surface area contributed by atoms with Crippen molar-refractivity contribution in [3.8, 4) is 0 Å². The van der Waals surface area contributed by atoms with E-state index in [2.05, 4.69) is 30.0 Å². The summed E-state index contributed by atoms with van der Waals surface area (Å²) in [6.07, 6.45) is 7.32. The largest absolute Gasteiger partial charge is 0.375 e. The van der Waals surface area contributed by atoms with Gasteiger partial charge in [-0.05, 0) is 25.7 Å². The lowest BCUT2D eigenvalue weighted by Gasteiger charge is -2.37. The van der Waals surface area contributed by atoms with Crippen LogP contribution < -0.4 is 5.32 Å². The molecule has 4 rings (SSSR count). The first-order valence-corrected chi connectivity index (χ1v) is 9.95. The molecule has 3 aliphatic rings. The predicted octanol–water partition coefficient (Wildman–Crippen LogP) is 0.960. The van der Waals surface area contributed by atoms with Crippen LogP contribution in [0.5, 0.6) is 0 Å². The van der Waals surface area contributed by atoms with Crippen molar-refractivity contribution >= 4 is 5.96 Å². The van der Waals surface area contributed by atoms with Gasteiger partial charge in [0.25, 0.3) is 0 Å². The number of ether oxygens (including phenoxy) is 2. The van der Waals surface area contributed by atoms with Crippen LogP contribution in [0.25, 0.3) is 0 Å². The number of nitrogens with one attached hydrogen (secondary N) is 1. The number of aryl methyl sites for hydroxylation is 1. The third kappa shape index (κ3) is 3.86. The van der Waals surface area contributed by atoms with E-state index in [9.17, 15) is 0 Å². The minimum Gasteiger partial charge on any atom is -0.375 e. The summed E-state index contributed by atoms with van der Waals surface area (Å²) in [5.74, 6) is 3.04. The topological polar surface area (TPSA) is 76.8 Å². The zero-order chi connectivity index (χ0) is 17.8. The van der Waals surface area contributed by atoms with Crippen LogP contribution in [0, 0.1) is 0 Å². The lowest BCUT2D eigenvalue weighted by Crippen LogP contribution is -2.53. The average molecular weight is 362 g/mol. The summed E-state index contributed by atoms with van der Waals surface area (Å²) >= 11 is 0. The van der Waals surface area contributed by atoms with E-state index in [0.29, 0.717) is 13.2 Å². The summed E-state index contributed by atoms with van der Waals surface area (Å²) < 4.78 is 14.0. The van der Waals surface area contributed by atoms with Gasteiger partial charge in [0.05, 0.1) is 19.3 Å². The van der Waals surface area contributed by atoms with Gasteiger partial charge in [0.1, 0.15) is 11.9 Å². The molecule has 3 aliphatic heterocycles. The molecule has 0 spiro atoms. The second-order valence-electron chi connectivity index (χ2n) is 7.30. The quantitative estimate of drug-likeness (QED) is 0.638. The summed E-state index contributed by atoms with van der Waals surface area (Å²) in [5.41, 5.74) is 0. The van der Waals surface area contributed by atoms with Crippen LogP contribution >= 0.6 is 0 Å². The summed E-state index contributed by atoms with van der Waals surface area (Å²) in [6, 6.07) is 0. The van der Waals surface area contributed by atoms with Gasteiger partial charge in [0, 0.05) is 39.7 Å². The SMILES string of the molecule is CN=C(NCc1nnc2n1CCCCC2)N1CCOC(C2CCCO2)C1. The number of nitrogens with zero attached hydrogens (tertiary/aromatic N) is 5. The van der Waals surface area contributed by atoms with Gasteiger partial charge in [-0.25, -0.2) is 0 Å². The van der Waals surface area contributed by atoms with Crippen LogP contribution in [0.2, 0.25) is 0 Å². The van der Waals surface area contributed by atoms with Crippen molar-refractivity contribution in [1.29, 1.82) is 0 Å². The summed E-state index contributed by atoms with van der Waals surface area (Å²) in [5, 5.41) is 12.3. The fraction of sp³-hybridized carbons (Fsp3) is 0.833. The van der Waals surface area contributed by atoms with Crippen LogP contribution in [0.4, 0.5) is 0 Å². The van der Waals surface area contributed by atoms with Gasteiger partial charge < -0.3 is 24.3 Å². The highest BCUT2D eigenvalue weighted by molar-refractivity contribution is 5.79. The van der Waals surface area contributed by atoms with Crippen molar-refractivity contribution in [1.82, 2.24) is 25.0 Å². The molecule has 4 heterocycles. The number of aromatic nitrogens is 3. The van der Waals surface area contributed by atoms with Crippen LogP contribution in [0.3, 0.4) is 0 Å². The van der Waals surface area contributed by atoms with E-state index in [-0.39, 0.29) is 12.2 Å². The molecule has 0 bridgehead atoms. The molecule has 2 atom stereocenters. The van der Waals surface area contributed by atoms with Crippen LogP contribution in [-0.2, 0) is 29.0 Å². The van der Waals surface area contributed by atoms with Crippen molar-refractivity contribution in [3.05, 3.63) is 11.6 Å². The molecule has 1 aromatic rings. The van der Waals surface area contributed by atoms with Gasteiger partial charge in [-0.2, -0.15) is 0 Å². The Morgan fingerprint density at radius 1 is 1.12 bits per heavy atom. The Labute approximate surface area is 155 Å². The van der Waals surface area contributed by atoms with E-state index in [4.69, 9.17) is 9.47 Å². The first kappa shape index (κ1) is 17.7. The van der Waals surface area contributed by atoms with Crippen molar-refractivity contribution in [2.24, 2.45) is 4.99 Å². The molecule has 1 N–H and O–H groups in total. The Bertz CT molecular complexity index is 625. The zero-order valence-electron chi connectivity index (χ0n) is 15.7. The van der Waals surface area contributed by atoms with Gasteiger partial charge in [0.2, 0.25) is 0 Å². The number of aliphatic imine (C=N–C) groups is 1. The molecule has 2 fully saturated rings. The van der Waals surface area contributed by atoms with E-state index >= 15 is 0 Å². The lowest BCUT2D eigenvalue weighted by atomic mass is 10.1. The van der Waals surface area contributed by atoms with E-state index in [0.717, 1.165) is 63.1 Å². The minimum atomic E-state index is 0.133. The highest BCUT2D eigenvalue weighted by Gasteiger charge is 2.32. The van der Waals surface area contributed by atoms with Gasteiger partial charge in [-0.3, -0.25) is 4.99 Å². The molecule has 2 unspecified atom stereocenters. The first-order valence-electron chi connectivity index (χ1n) is 9.95. The number of rotatable bonds is 3. The summed E-state index contributed by atoms with van der Waals surface area (Å²) in [6.45, 7) is 4.92. The van der Waals surface area contributed by atoms with Crippen LogP contribution in [-0.4, -0.2) is 71.2 Å². The number of morpholine rings is 1. The van der Waals surface area contributed by atoms with Crippen molar-refractivity contribution in [2.45, 2.75) is 63.8 Å². The second-order valence-corrected chi connectivity index (χ2v) is 7.30. The Kier molecular flexibility index (Phi) is 5.69. The number of fused-ring (bicyclic) bond motifs is 1. The molecular formula is C18H30N6O2.